The fourth-order valence-corrected chi connectivity index (χ4v) is 1.25. The molecule has 1 rings (SSSR count). The van der Waals surface area contributed by atoms with Crippen LogP contribution >= 0.6 is 0 Å². The molecule has 0 aliphatic carbocycles. The van der Waals surface area contributed by atoms with Crippen molar-refractivity contribution in [3.8, 4) is 0 Å². The van der Waals surface area contributed by atoms with Crippen molar-refractivity contribution in [2.75, 3.05) is 20.3 Å². The second-order valence-corrected chi connectivity index (χ2v) is 3.48. The highest BCUT2D eigenvalue weighted by atomic mass is 16.5. The van der Waals surface area contributed by atoms with Crippen molar-refractivity contribution in [2.45, 2.75) is 32.7 Å². The molecule has 0 saturated heterocycles. The predicted octanol–water partition coefficient (Wildman–Crippen LogP) is 1.92. The van der Waals surface area contributed by atoms with Crippen LogP contribution in [0, 0.1) is 0 Å². The number of ether oxygens (including phenoxy) is 1. The summed E-state index contributed by atoms with van der Waals surface area (Å²) < 4.78 is 10.8. The topological polar surface area (TPSA) is 47.3 Å². The van der Waals surface area contributed by atoms with Gasteiger partial charge >= 0.3 is 0 Å². The van der Waals surface area contributed by atoms with Crippen LogP contribution in [0.25, 0.3) is 0 Å². The molecule has 1 aromatic rings. The largest absolute Gasteiger partial charge is 0.444 e. The van der Waals surface area contributed by atoms with Gasteiger partial charge in [0.25, 0.3) is 0 Å². The first kappa shape index (κ1) is 12.2. The van der Waals surface area contributed by atoms with Gasteiger partial charge in [0, 0.05) is 19.6 Å². The highest BCUT2D eigenvalue weighted by molar-refractivity contribution is 4.97. The first-order chi connectivity index (χ1) is 7.27. The summed E-state index contributed by atoms with van der Waals surface area (Å²) >= 11 is 0. The molecule has 0 bridgehead atoms. The van der Waals surface area contributed by atoms with Crippen LogP contribution in [0.15, 0.2) is 10.6 Å². The summed E-state index contributed by atoms with van der Waals surface area (Å²) in [6, 6.07) is 0.172. The Bertz CT molecular complexity index is 273. The number of hydrogen-bond acceptors (Lipinski definition) is 4. The summed E-state index contributed by atoms with van der Waals surface area (Å²) in [6.07, 6.45) is 3.68. The van der Waals surface area contributed by atoms with Crippen molar-refractivity contribution < 1.29 is 9.15 Å². The van der Waals surface area contributed by atoms with Gasteiger partial charge in [-0.25, -0.2) is 4.98 Å². The molecule has 1 aromatic heterocycles. The number of nitrogens with one attached hydrogen (secondary N) is 1. The molecule has 1 heterocycles. The molecule has 1 N–H and O–H groups in total. The molecular formula is C11H20N2O2. The Morgan fingerprint density at radius 1 is 1.60 bits per heavy atom. The van der Waals surface area contributed by atoms with Crippen LogP contribution in [-0.2, 0) is 11.2 Å². The van der Waals surface area contributed by atoms with E-state index in [0.29, 0.717) is 0 Å². The first-order valence-electron chi connectivity index (χ1n) is 5.47. The van der Waals surface area contributed by atoms with Gasteiger partial charge in [0.2, 0.25) is 5.89 Å². The Morgan fingerprint density at radius 3 is 3.07 bits per heavy atom. The molecule has 0 radical (unpaired) electrons. The van der Waals surface area contributed by atoms with E-state index in [2.05, 4.69) is 10.3 Å². The molecule has 0 amide bonds. The Morgan fingerprint density at radius 2 is 2.40 bits per heavy atom. The average Bonchev–Trinajstić information content (AvgIpc) is 2.72. The number of aryl methyl sites for hydroxylation is 1. The predicted molar refractivity (Wildman–Crippen MR) is 58.8 cm³/mol. The fourth-order valence-electron chi connectivity index (χ4n) is 1.25. The number of rotatable bonds is 7. The van der Waals surface area contributed by atoms with E-state index in [-0.39, 0.29) is 6.04 Å². The van der Waals surface area contributed by atoms with Gasteiger partial charge in [0.1, 0.15) is 5.76 Å². The zero-order valence-electron chi connectivity index (χ0n) is 9.75. The third-order valence-corrected chi connectivity index (χ3v) is 2.29. The van der Waals surface area contributed by atoms with Gasteiger partial charge in [-0.15, -0.1) is 0 Å². The van der Waals surface area contributed by atoms with Gasteiger partial charge in [0.05, 0.1) is 12.2 Å². The van der Waals surface area contributed by atoms with E-state index in [1.54, 1.807) is 6.20 Å². The molecule has 0 spiro atoms. The molecule has 86 valence electrons. The fraction of sp³-hybridized carbons (Fsp3) is 0.727. The van der Waals surface area contributed by atoms with Gasteiger partial charge < -0.3 is 14.5 Å². The van der Waals surface area contributed by atoms with Crippen LogP contribution in [0.2, 0.25) is 0 Å². The van der Waals surface area contributed by atoms with Crippen LogP contribution in [-0.4, -0.2) is 25.2 Å². The number of hydrogen-bond donors (Lipinski definition) is 1. The summed E-state index contributed by atoms with van der Waals surface area (Å²) in [5.74, 6) is 1.69. The van der Waals surface area contributed by atoms with E-state index in [1.807, 2.05) is 20.9 Å². The Hall–Kier alpha value is -0.870. The number of aromatic nitrogens is 1. The zero-order valence-corrected chi connectivity index (χ0v) is 9.75. The lowest BCUT2D eigenvalue weighted by atomic mass is 10.3. The van der Waals surface area contributed by atoms with Crippen molar-refractivity contribution in [3.05, 3.63) is 17.8 Å². The van der Waals surface area contributed by atoms with Crippen LogP contribution in [0.5, 0.6) is 0 Å². The van der Waals surface area contributed by atoms with Gasteiger partial charge in [-0.2, -0.15) is 0 Å². The molecular weight excluding hydrogens is 192 g/mol. The van der Waals surface area contributed by atoms with Crippen molar-refractivity contribution in [1.29, 1.82) is 0 Å². The quantitative estimate of drug-likeness (QED) is 0.701. The molecule has 4 heteroatoms. The van der Waals surface area contributed by atoms with E-state index < -0.39 is 0 Å². The third-order valence-electron chi connectivity index (χ3n) is 2.29. The van der Waals surface area contributed by atoms with Gasteiger partial charge in [0.15, 0.2) is 0 Å². The van der Waals surface area contributed by atoms with Crippen LogP contribution in [0.3, 0.4) is 0 Å². The highest BCUT2D eigenvalue weighted by Gasteiger charge is 2.09. The zero-order chi connectivity index (χ0) is 11.1. The average molecular weight is 212 g/mol. The van der Waals surface area contributed by atoms with E-state index in [1.165, 1.54) is 0 Å². The monoisotopic (exact) mass is 212 g/mol. The first-order valence-corrected chi connectivity index (χ1v) is 5.47. The standard InChI is InChI=1S/C11H20N2O2/c1-4-14-7-5-6-10-8-13-11(15-10)9(2)12-3/h8-9,12H,4-7H2,1-3H3. The maximum atomic E-state index is 5.59. The summed E-state index contributed by atoms with van der Waals surface area (Å²) in [4.78, 5) is 4.22. The van der Waals surface area contributed by atoms with Gasteiger partial charge in [-0.1, -0.05) is 0 Å². The molecule has 0 fully saturated rings. The molecule has 0 saturated carbocycles. The molecule has 1 atom stereocenters. The minimum atomic E-state index is 0.172. The lowest BCUT2D eigenvalue weighted by Crippen LogP contribution is -2.12. The second-order valence-electron chi connectivity index (χ2n) is 3.48. The van der Waals surface area contributed by atoms with E-state index in [0.717, 1.165) is 37.7 Å². The third kappa shape index (κ3) is 4.01. The molecule has 0 aliphatic rings. The molecule has 0 aliphatic heterocycles. The SMILES string of the molecule is CCOCCCc1cnc(C(C)NC)o1. The summed E-state index contributed by atoms with van der Waals surface area (Å²) in [7, 11) is 1.89. The molecule has 1 unspecified atom stereocenters. The maximum absolute atomic E-state index is 5.59. The summed E-state index contributed by atoms with van der Waals surface area (Å²) in [6.45, 7) is 5.59. The minimum absolute atomic E-state index is 0.172. The van der Waals surface area contributed by atoms with Crippen molar-refractivity contribution in [3.63, 3.8) is 0 Å². The van der Waals surface area contributed by atoms with Gasteiger partial charge in [-0.05, 0) is 27.3 Å². The van der Waals surface area contributed by atoms with Crippen LogP contribution < -0.4 is 5.32 Å². The Labute approximate surface area is 91.0 Å². The molecule has 4 nitrogen and oxygen atoms in total. The Balaban J connectivity index is 2.33. The smallest absolute Gasteiger partial charge is 0.211 e. The highest BCUT2D eigenvalue weighted by Crippen LogP contribution is 2.13. The minimum Gasteiger partial charge on any atom is -0.444 e. The van der Waals surface area contributed by atoms with Crippen LogP contribution in [0.4, 0.5) is 0 Å². The second kappa shape index (κ2) is 6.58. The molecule has 0 aromatic carbocycles. The maximum Gasteiger partial charge on any atom is 0.211 e. The van der Waals surface area contributed by atoms with E-state index in [4.69, 9.17) is 9.15 Å². The van der Waals surface area contributed by atoms with Crippen molar-refractivity contribution >= 4 is 0 Å². The number of nitrogens with zero attached hydrogens (tertiary/aromatic N) is 1. The normalized spacial score (nSPS) is 13.0. The Kier molecular flexibility index (Phi) is 5.36. The number of oxazole rings is 1. The summed E-state index contributed by atoms with van der Waals surface area (Å²) in [5, 5.41) is 3.09. The van der Waals surface area contributed by atoms with Crippen molar-refractivity contribution in [1.82, 2.24) is 10.3 Å². The summed E-state index contributed by atoms with van der Waals surface area (Å²) in [5.41, 5.74) is 0. The molecule has 15 heavy (non-hydrogen) atoms. The van der Waals surface area contributed by atoms with Gasteiger partial charge in [-0.3, -0.25) is 0 Å². The van der Waals surface area contributed by atoms with E-state index >= 15 is 0 Å². The lowest BCUT2D eigenvalue weighted by molar-refractivity contribution is 0.144. The van der Waals surface area contributed by atoms with Crippen molar-refractivity contribution in [2.24, 2.45) is 0 Å². The van der Waals surface area contributed by atoms with E-state index in [9.17, 15) is 0 Å². The lowest BCUT2D eigenvalue weighted by Gasteiger charge is -2.03. The van der Waals surface area contributed by atoms with Crippen LogP contribution in [0.1, 0.15) is 38.0 Å².